The summed E-state index contributed by atoms with van der Waals surface area (Å²) < 4.78 is 11.9. The molecule has 0 aromatic rings. The molecule has 0 spiro atoms. The number of ether oxygens (including phenoxy) is 2. The third-order valence-electron chi connectivity index (χ3n) is 7.59. The summed E-state index contributed by atoms with van der Waals surface area (Å²) in [5.74, 6) is 3.16. The van der Waals surface area contributed by atoms with Gasteiger partial charge in [0.05, 0.1) is 0 Å². The van der Waals surface area contributed by atoms with Crippen molar-refractivity contribution in [3.8, 4) is 0 Å². The fraction of sp³-hybridized carbons (Fsp3) is 1.00. The fourth-order valence-electron chi connectivity index (χ4n) is 4.40. The van der Waals surface area contributed by atoms with Gasteiger partial charge >= 0.3 is 23.1 Å². The van der Waals surface area contributed by atoms with Crippen molar-refractivity contribution in [1.29, 1.82) is 0 Å². The van der Waals surface area contributed by atoms with Crippen LogP contribution in [-0.4, -0.2) is 49.5 Å². The Bertz CT molecular complexity index is 309. The van der Waals surface area contributed by atoms with Crippen molar-refractivity contribution in [2.75, 3.05) is 26.4 Å². The molecule has 0 aromatic carbocycles. The van der Waals surface area contributed by atoms with Gasteiger partial charge in [0.15, 0.2) is 0 Å². The van der Waals surface area contributed by atoms with Gasteiger partial charge in [-0.2, -0.15) is 0 Å². The molecule has 0 amide bonds. The van der Waals surface area contributed by atoms with Crippen LogP contribution in [0.2, 0.25) is 0 Å². The Morgan fingerprint density at radius 3 is 0.743 bits per heavy atom. The number of hydrogen-bond acceptors (Lipinski definition) is 2. The van der Waals surface area contributed by atoms with Crippen molar-refractivity contribution < 1.29 is 12.3 Å². The molecule has 0 radical (unpaired) electrons. The zero-order valence-electron chi connectivity index (χ0n) is 28.0. The topological polar surface area (TPSA) is 18.5 Å². The first-order valence-corrected chi connectivity index (χ1v) is 15.7. The molecule has 0 aliphatic rings. The Morgan fingerprint density at radius 2 is 0.600 bits per heavy atom. The van der Waals surface area contributed by atoms with Crippen LogP contribution in [0.4, 0.5) is 0 Å². The third-order valence-corrected chi connectivity index (χ3v) is 7.59. The third kappa shape index (κ3) is 27.5. The van der Waals surface area contributed by atoms with E-state index in [0.29, 0.717) is 0 Å². The first-order chi connectivity index (χ1) is 16.6. The predicted octanol–water partition coefficient (Wildman–Crippen LogP) is 10.7. The van der Waals surface area contributed by atoms with Crippen molar-refractivity contribution in [1.82, 2.24) is 0 Å². The summed E-state index contributed by atoms with van der Waals surface area (Å²) in [7, 11) is 0. The molecule has 4 unspecified atom stereocenters. The van der Waals surface area contributed by atoms with Gasteiger partial charge in [-0.15, -0.1) is 0 Å². The van der Waals surface area contributed by atoms with E-state index in [-0.39, 0.29) is 25.9 Å². The molecule has 0 fully saturated rings. The van der Waals surface area contributed by atoms with E-state index in [0.717, 1.165) is 50.1 Å². The van der Waals surface area contributed by atoms with E-state index in [1.165, 1.54) is 103 Å². The van der Waals surface area contributed by atoms with Crippen molar-refractivity contribution in [3.05, 3.63) is 0 Å². The summed E-state index contributed by atoms with van der Waals surface area (Å²) >= 11 is 0. The Kier molecular flexibility index (Phi) is 37.6. The molecular weight excluding hydrogens is 441 g/mol. The number of hydrogen-bond donors (Lipinski definition) is 0. The van der Waals surface area contributed by atoms with Crippen molar-refractivity contribution in [3.63, 3.8) is 0 Å². The second-order valence-corrected chi connectivity index (χ2v) is 10.7. The maximum atomic E-state index is 5.93. The van der Waals surface area contributed by atoms with Crippen LogP contribution in [-0.2, 0) is 9.47 Å². The van der Waals surface area contributed by atoms with E-state index in [4.69, 9.17) is 9.47 Å². The molecule has 4 atom stereocenters. The van der Waals surface area contributed by atoms with Crippen LogP contribution < -0.4 is 0 Å². The van der Waals surface area contributed by atoms with Crippen molar-refractivity contribution >= 4 is 23.1 Å². The molecule has 35 heavy (non-hydrogen) atoms. The second kappa shape index (κ2) is 32.7. The van der Waals surface area contributed by atoms with Crippen molar-refractivity contribution in [2.24, 2.45) is 23.7 Å². The molecule has 0 saturated carbocycles. The molecule has 212 valence electrons. The Labute approximate surface area is 243 Å². The van der Waals surface area contributed by atoms with Crippen LogP contribution in [0.1, 0.15) is 161 Å². The van der Waals surface area contributed by atoms with Gasteiger partial charge in [-0.05, 0) is 49.4 Å². The Balaban J connectivity index is -0.000000171. The van der Waals surface area contributed by atoms with Crippen LogP contribution >= 0.6 is 0 Å². The fourth-order valence-corrected chi connectivity index (χ4v) is 4.40. The van der Waals surface area contributed by atoms with Gasteiger partial charge in [0.1, 0.15) is 0 Å². The molecule has 0 aliphatic carbocycles. The zero-order chi connectivity index (χ0) is 25.9. The standard InChI is InChI=1S/2C16H34O.Mg.2H/c2*1-5-9-11-15(7-3)13-17-14-16(8-4)12-10-6-2;;;/h2*15-16H,5-14H2,1-4H3;;;/q;;+2;2*-1. The van der Waals surface area contributed by atoms with Crippen LogP contribution in [0.15, 0.2) is 0 Å². The molecule has 0 bridgehead atoms. The van der Waals surface area contributed by atoms with Crippen LogP contribution in [0.5, 0.6) is 0 Å². The Hall–Kier alpha value is 0.686. The minimum atomic E-state index is 0. The van der Waals surface area contributed by atoms with Gasteiger partial charge in [0.2, 0.25) is 0 Å². The smallest absolute Gasteiger partial charge is 1.00 e. The predicted molar refractivity (Wildman–Crippen MR) is 163 cm³/mol. The first-order valence-electron chi connectivity index (χ1n) is 15.7. The van der Waals surface area contributed by atoms with Crippen LogP contribution in [0.25, 0.3) is 0 Å². The minimum absolute atomic E-state index is 0. The van der Waals surface area contributed by atoms with Crippen LogP contribution in [0.3, 0.4) is 0 Å². The molecule has 0 N–H and O–H groups in total. The normalized spacial score (nSPS) is 14.4. The first kappa shape index (κ1) is 40.2. The van der Waals surface area contributed by atoms with E-state index >= 15 is 0 Å². The Morgan fingerprint density at radius 1 is 0.400 bits per heavy atom. The molecule has 2 nitrogen and oxygen atoms in total. The molecule has 0 aliphatic heterocycles. The van der Waals surface area contributed by atoms with Gasteiger partial charge in [0.25, 0.3) is 0 Å². The summed E-state index contributed by atoms with van der Waals surface area (Å²) in [6.45, 7) is 22.2. The summed E-state index contributed by atoms with van der Waals surface area (Å²) in [6, 6.07) is 0. The van der Waals surface area contributed by atoms with Gasteiger partial charge < -0.3 is 12.3 Å². The maximum absolute atomic E-state index is 5.93. The number of unbranched alkanes of at least 4 members (excludes halogenated alkanes) is 4. The minimum Gasteiger partial charge on any atom is -1.00 e. The average Bonchev–Trinajstić information content (AvgIpc) is 2.87. The van der Waals surface area contributed by atoms with Crippen molar-refractivity contribution in [2.45, 2.75) is 158 Å². The molecule has 0 rings (SSSR count). The molecular formula is C32H70MgO2. The largest absolute Gasteiger partial charge is 2.00 e. The second-order valence-electron chi connectivity index (χ2n) is 10.7. The summed E-state index contributed by atoms with van der Waals surface area (Å²) in [6.07, 6.45) is 21.1. The molecule has 0 heterocycles. The summed E-state index contributed by atoms with van der Waals surface area (Å²) in [5, 5.41) is 0. The maximum Gasteiger partial charge on any atom is 2.00 e. The number of rotatable bonds is 24. The van der Waals surface area contributed by atoms with Gasteiger partial charge in [-0.1, -0.05) is 132 Å². The van der Waals surface area contributed by atoms with Crippen LogP contribution in [0, 0.1) is 23.7 Å². The van der Waals surface area contributed by atoms with E-state index < -0.39 is 0 Å². The van der Waals surface area contributed by atoms with Gasteiger partial charge in [0, 0.05) is 26.4 Å². The SMILES string of the molecule is CCCCC(CC)COCC(CC)CCCC.CCCCC(CC)COCC(CC)CCCC.[H-].[H-].[Mg+2]. The quantitative estimate of drug-likeness (QED) is 0.120. The molecule has 0 saturated heterocycles. The monoisotopic (exact) mass is 511 g/mol. The van der Waals surface area contributed by atoms with Gasteiger partial charge in [-0.3, -0.25) is 0 Å². The summed E-state index contributed by atoms with van der Waals surface area (Å²) in [4.78, 5) is 0. The molecule has 3 heteroatoms. The summed E-state index contributed by atoms with van der Waals surface area (Å²) in [5.41, 5.74) is 0. The van der Waals surface area contributed by atoms with E-state index in [9.17, 15) is 0 Å². The average molecular weight is 511 g/mol. The zero-order valence-corrected chi connectivity index (χ0v) is 27.4. The van der Waals surface area contributed by atoms with E-state index in [1.54, 1.807) is 0 Å². The van der Waals surface area contributed by atoms with E-state index in [1.807, 2.05) is 0 Å². The molecule has 0 aromatic heterocycles. The van der Waals surface area contributed by atoms with E-state index in [2.05, 4.69) is 55.4 Å². The van der Waals surface area contributed by atoms with Gasteiger partial charge in [-0.25, -0.2) is 0 Å².